The van der Waals surface area contributed by atoms with Crippen molar-refractivity contribution in [1.29, 1.82) is 0 Å². The van der Waals surface area contributed by atoms with Crippen LogP contribution in [0.2, 0.25) is 5.02 Å². The number of oxazole rings is 1. The van der Waals surface area contributed by atoms with E-state index in [1.165, 1.54) is 5.69 Å². The van der Waals surface area contributed by atoms with Crippen LogP contribution in [0.4, 0.5) is 11.4 Å². The van der Waals surface area contributed by atoms with E-state index in [1.54, 1.807) is 42.5 Å². The summed E-state index contributed by atoms with van der Waals surface area (Å²) in [7, 11) is 0. The summed E-state index contributed by atoms with van der Waals surface area (Å²) in [5.41, 5.74) is 4.47. The minimum Gasteiger partial charge on any atom is -0.436 e. The van der Waals surface area contributed by atoms with Crippen molar-refractivity contribution in [1.82, 2.24) is 4.98 Å². The first-order chi connectivity index (χ1) is 14.6. The summed E-state index contributed by atoms with van der Waals surface area (Å²) in [5.74, 6) is 0.279. The van der Waals surface area contributed by atoms with Gasteiger partial charge in [-0.3, -0.25) is 4.79 Å². The maximum Gasteiger partial charge on any atom is 0.257 e. The molecule has 0 saturated heterocycles. The largest absolute Gasteiger partial charge is 0.436 e. The van der Waals surface area contributed by atoms with Gasteiger partial charge in [-0.1, -0.05) is 23.7 Å². The highest BCUT2D eigenvalue weighted by Crippen LogP contribution is 2.28. The Morgan fingerprint density at radius 3 is 2.47 bits per heavy atom. The molecule has 4 aromatic rings. The Kier molecular flexibility index (Phi) is 5.72. The van der Waals surface area contributed by atoms with Crippen molar-refractivity contribution in [3.63, 3.8) is 0 Å². The summed E-state index contributed by atoms with van der Waals surface area (Å²) in [6.07, 6.45) is 0. The van der Waals surface area contributed by atoms with E-state index in [-0.39, 0.29) is 5.91 Å². The Morgan fingerprint density at radius 2 is 1.77 bits per heavy atom. The number of anilines is 2. The molecular weight excluding hydrogens is 398 g/mol. The fourth-order valence-electron chi connectivity index (χ4n) is 3.38. The van der Waals surface area contributed by atoms with E-state index in [2.05, 4.69) is 41.2 Å². The summed E-state index contributed by atoms with van der Waals surface area (Å²) in [5, 5.41) is 3.27. The number of carbonyl (C=O) groups is 1. The zero-order chi connectivity index (χ0) is 21.1. The topological polar surface area (TPSA) is 58.4 Å². The molecule has 0 spiro atoms. The maximum atomic E-state index is 12.5. The van der Waals surface area contributed by atoms with E-state index in [4.69, 9.17) is 16.0 Å². The Morgan fingerprint density at radius 1 is 1.03 bits per heavy atom. The van der Waals surface area contributed by atoms with Gasteiger partial charge in [0.05, 0.1) is 10.6 Å². The molecule has 0 radical (unpaired) electrons. The molecule has 0 saturated carbocycles. The first-order valence-corrected chi connectivity index (χ1v) is 10.3. The van der Waals surface area contributed by atoms with Gasteiger partial charge in [-0.05, 0) is 68.4 Å². The number of fused-ring (bicyclic) bond motifs is 1. The van der Waals surface area contributed by atoms with Crippen LogP contribution in [0.15, 0.2) is 71.1 Å². The lowest BCUT2D eigenvalue weighted by Crippen LogP contribution is -2.21. The van der Waals surface area contributed by atoms with E-state index in [9.17, 15) is 4.79 Å². The maximum absolute atomic E-state index is 12.5. The summed E-state index contributed by atoms with van der Waals surface area (Å²) in [6.45, 7) is 6.20. The highest BCUT2D eigenvalue weighted by molar-refractivity contribution is 6.34. The number of nitrogens with zero attached hydrogens (tertiary/aromatic N) is 2. The molecule has 6 heteroatoms. The number of carbonyl (C=O) groups excluding carboxylic acids is 1. The average molecular weight is 420 g/mol. The van der Waals surface area contributed by atoms with Crippen LogP contribution in [-0.4, -0.2) is 24.0 Å². The predicted molar refractivity (Wildman–Crippen MR) is 122 cm³/mol. The molecule has 4 rings (SSSR count). The van der Waals surface area contributed by atoms with Crippen LogP contribution in [0.3, 0.4) is 0 Å². The van der Waals surface area contributed by atoms with Crippen molar-refractivity contribution >= 4 is 40.0 Å². The van der Waals surface area contributed by atoms with E-state index < -0.39 is 0 Å². The molecule has 3 aromatic carbocycles. The molecule has 0 aliphatic heterocycles. The van der Waals surface area contributed by atoms with Gasteiger partial charge in [0.1, 0.15) is 5.52 Å². The minimum atomic E-state index is -0.268. The van der Waals surface area contributed by atoms with Gasteiger partial charge in [0.25, 0.3) is 5.91 Å². The van der Waals surface area contributed by atoms with Gasteiger partial charge in [-0.25, -0.2) is 4.98 Å². The zero-order valence-corrected chi connectivity index (χ0v) is 17.6. The highest BCUT2D eigenvalue weighted by atomic mass is 35.5. The van der Waals surface area contributed by atoms with Gasteiger partial charge in [-0.15, -0.1) is 0 Å². The second-order valence-electron chi connectivity index (χ2n) is 6.85. The van der Waals surface area contributed by atoms with Crippen LogP contribution in [0.5, 0.6) is 0 Å². The number of rotatable bonds is 6. The third-order valence-electron chi connectivity index (χ3n) is 5.01. The van der Waals surface area contributed by atoms with Crippen molar-refractivity contribution in [3.8, 4) is 11.5 Å². The summed E-state index contributed by atoms with van der Waals surface area (Å²) >= 11 is 6.11. The standard InChI is InChI=1S/C24H22ClN3O2/c1-3-28(4-2)18-12-9-16(10-13-18)24-27-21-15-17(11-14-22(21)30-24)26-23(29)19-7-5-6-8-20(19)25/h5-15H,3-4H2,1-2H3,(H,26,29). The van der Waals surface area contributed by atoms with Crippen LogP contribution in [-0.2, 0) is 0 Å². The number of hydrogen-bond acceptors (Lipinski definition) is 4. The molecule has 152 valence electrons. The molecule has 1 N–H and O–H groups in total. The van der Waals surface area contributed by atoms with E-state index in [1.807, 2.05) is 12.1 Å². The number of hydrogen-bond donors (Lipinski definition) is 1. The molecule has 30 heavy (non-hydrogen) atoms. The second kappa shape index (κ2) is 8.59. The molecule has 0 bridgehead atoms. The Labute approximate surface area is 180 Å². The van der Waals surface area contributed by atoms with E-state index in [0.29, 0.717) is 33.3 Å². The van der Waals surface area contributed by atoms with Crippen molar-refractivity contribution in [2.24, 2.45) is 0 Å². The number of halogens is 1. The Balaban J connectivity index is 1.57. The fraction of sp³-hybridized carbons (Fsp3) is 0.167. The average Bonchev–Trinajstić information content (AvgIpc) is 3.19. The second-order valence-corrected chi connectivity index (χ2v) is 7.26. The summed E-state index contributed by atoms with van der Waals surface area (Å²) in [4.78, 5) is 19.4. The molecule has 0 fully saturated rings. The van der Waals surface area contributed by atoms with Crippen LogP contribution in [0.25, 0.3) is 22.6 Å². The lowest BCUT2D eigenvalue weighted by atomic mass is 10.2. The van der Waals surface area contributed by atoms with Crippen LogP contribution in [0, 0.1) is 0 Å². The van der Waals surface area contributed by atoms with Gasteiger partial charge in [0, 0.05) is 30.0 Å². The quantitative estimate of drug-likeness (QED) is 0.401. The fourth-order valence-corrected chi connectivity index (χ4v) is 3.60. The molecule has 0 atom stereocenters. The lowest BCUT2D eigenvalue weighted by molar-refractivity contribution is 0.102. The summed E-state index contributed by atoms with van der Waals surface area (Å²) < 4.78 is 5.91. The van der Waals surface area contributed by atoms with Crippen LogP contribution >= 0.6 is 11.6 Å². The Hall–Kier alpha value is -3.31. The number of nitrogens with one attached hydrogen (secondary N) is 1. The number of benzene rings is 3. The molecule has 0 unspecified atom stereocenters. The van der Waals surface area contributed by atoms with Crippen molar-refractivity contribution < 1.29 is 9.21 Å². The van der Waals surface area contributed by atoms with E-state index >= 15 is 0 Å². The monoisotopic (exact) mass is 419 g/mol. The molecule has 0 aliphatic rings. The number of amides is 1. The number of aromatic nitrogens is 1. The Bertz CT molecular complexity index is 1180. The molecular formula is C24H22ClN3O2. The molecule has 1 aromatic heterocycles. The molecule has 5 nitrogen and oxygen atoms in total. The zero-order valence-electron chi connectivity index (χ0n) is 16.9. The minimum absolute atomic E-state index is 0.268. The van der Waals surface area contributed by atoms with Gasteiger partial charge >= 0.3 is 0 Å². The van der Waals surface area contributed by atoms with Crippen LogP contribution < -0.4 is 10.2 Å². The molecule has 0 aliphatic carbocycles. The van der Waals surface area contributed by atoms with Crippen molar-refractivity contribution in [2.75, 3.05) is 23.3 Å². The first kappa shape index (κ1) is 20.0. The van der Waals surface area contributed by atoms with Crippen molar-refractivity contribution in [2.45, 2.75) is 13.8 Å². The normalized spacial score (nSPS) is 10.9. The molecule has 1 amide bonds. The van der Waals surface area contributed by atoms with Gasteiger partial charge in [0.2, 0.25) is 5.89 Å². The lowest BCUT2D eigenvalue weighted by Gasteiger charge is -2.20. The van der Waals surface area contributed by atoms with Gasteiger partial charge in [-0.2, -0.15) is 0 Å². The van der Waals surface area contributed by atoms with Crippen molar-refractivity contribution in [3.05, 3.63) is 77.3 Å². The van der Waals surface area contributed by atoms with Crippen LogP contribution in [0.1, 0.15) is 24.2 Å². The molecule has 1 heterocycles. The summed E-state index contributed by atoms with van der Waals surface area (Å²) in [6, 6.07) is 20.5. The smallest absolute Gasteiger partial charge is 0.257 e. The van der Waals surface area contributed by atoms with Gasteiger partial charge in [0.15, 0.2) is 5.58 Å². The first-order valence-electron chi connectivity index (χ1n) is 9.91. The van der Waals surface area contributed by atoms with Gasteiger partial charge < -0.3 is 14.6 Å². The highest BCUT2D eigenvalue weighted by Gasteiger charge is 2.13. The third-order valence-corrected chi connectivity index (χ3v) is 5.34. The SMILES string of the molecule is CCN(CC)c1ccc(-c2nc3cc(NC(=O)c4ccccc4Cl)ccc3o2)cc1. The van der Waals surface area contributed by atoms with E-state index in [0.717, 1.165) is 18.7 Å². The third kappa shape index (κ3) is 4.02. The predicted octanol–water partition coefficient (Wildman–Crippen LogP) is 6.25.